The van der Waals surface area contributed by atoms with Crippen molar-refractivity contribution in [3.8, 4) is 0 Å². The summed E-state index contributed by atoms with van der Waals surface area (Å²) >= 11 is 0. The largest absolute Gasteiger partial charge is 0.467 e. The van der Waals surface area contributed by atoms with Crippen LogP contribution in [0, 0.1) is 0 Å². The highest BCUT2D eigenvalue weighted by Gasteiger charge is 2.18. The second-order valence-corrected chi connectivity index (χ2v) is 3.02. The zero-order valence-corrected chi connectivity index (χ0v) is 9.07. The van der Waals surface area contributed by atoms with Crippen molar-refractivity contribution in [1.82, 2.24) is 5.32 Å². The van der Waals surface area contributed by atoms with Gasteiger partial charge < -0.3 is 10.1 Å². The second kappa shape index (κ2) is 6.75. The first-order valence-corrected chi connectivity index (χ1v) is 4.49. The van der Waals surface area contributed by atoms with Crippen molar-refractivity contribution in [2.45, 2.75) is 26.3 Å². The lowest BCUT2D eigenvalue weighted by atomic mass is 10.2. The van der Waals surface area contributed by atoms with E-state index in [1.807, 2.05) is 0 Å². The van der Waals surface area contributed by atoms with Crippen LogP contribution in [0.1, 0.15) is 20.3 Å². The van der Waals surface area contributed by atoms with Gasteiger partial charge in [-0.2, -0.15) is 0 Å². The van der Waals surface area contributed by atoms with Gasteiger partial charge in [-0.3, -0.25) is 9.59 Å². The van der Waals surface area contributed by atoms with Crippen molar-refractivity contribution in [1.29, 1.82) is 0 Å². The number of nitrogens with one attached hydrogen (secondary N) is 1. The number of hydrogen-bond donors (Lipinski definition) is 1. The Morgan fingerprint density at radius 1 is 1.33 bits per heavy atom. The molecule has 0 aliphatic heterocycles. The van der Waals surface area contributed by atoms with E-state index in [1.54, 1.807) is 0 Å². The lowest BCUT2D eigenvalue weighted by Gasteiger charge is -2.12. The number of ether oxygens (including phenoxy) is 1. The van der Waals surface area contributed by atoms with Crippen molar-refractivity contribution in [3.05, 3.63) is 12.2 Å². The van der Waals surface area contributed by atoms with E-state index in [4.69, 9.17) is 0 Å². The number of carbonyl (C=O) groups excluding carboxylic acids is 3. The van der Waals surface area contributed by atoms with Gasteiger partial charge >= 0.3 is 5.97 Å². The minimum absolute atomic E-state index is 0.110. The fourth-order valence-electron chi connectivity index (χ4n) is 0.972. The van der Waals surface area contributed by atoms with Gasteiger partial charge in [0.2, 0.25) is 5.91 Å². The van der Waals surface area contributed by atoms with E-state index in [2.05, 4.69) is 10.1 Å². The summed E-state index contributed by atoms with van der Waals surface area (Å²) in [5.41, 5.74) is 0. The number of esters is 1. The van der Waals surface area contributed by atoms with Crippen LogP contribution in [-0.2, 0) is 19.1 Å². The molecule has 0 aromatic rings. The Morgan fingerprint density at radius 2 is 1.93 bits per heavy atom. The van der Waals surface area contributed by atoms with E-state index in [1.165, 1.54) is 33.1 Å². The highest BCUT2D eigenvalue weighted by molar-refractivity contribution is 5.87. The predicted molar refractivity (Wildman–Crippen MR) is 54.1 cm³/mol. The first kappa shape index (κ1) is 13.4. The lowest BCUT2D eigenvalue weighted by Crippen LogP contribution is -2.39. The number of amides is 1. The molecule has 0 unspecified atom stereocenters. The highest BCUT2D eigenvalue weighted by Crippen LogP contribution is 1.97. The maximum absolute atomic E-state index is 11.2. The maximum Gasteiger partial charge on any atom is 0.328 e. The van der Waals surface area contributed by atoms with Crippen LogP contribution in [0.25, 0.3) is 0 Å². The number of hydrogen-bond acceptors (Lipinski definition) is 4. The van der Waals surface area contributed by atoms with Gasteiger partial charge in [0.05, 0.1) is 7.11 Å². The molecule has 15 heavy (non-hydrogen) atoms. The Kier molecular flexibility index (Phi) is 6.01. The minimum atomic E-state index is -0.733. The standard InChI is InChI=1S/C10H15NO4/c1-7(12)5-4-6-9(10(14)15-3)11-8(2)13/h4-5,9H,6H2,1-3H3,(H,11,13)/b5-4+/t9-/m0/s1. The van der Waals surface area contributed by atoms with Gasteiger partial charge in [0, 0.05) is 6.92 Å². The zero-order valence-electron chi connectivity index (χ0n) is 9.07. The molecule has 0 fully saturated rings. The molecular formula is C10H15NO4. The smallest absolute Gasteiger partial charge is 0.328 e. The van der Waals surface area contributed by atoms with E-state index in [9.17, 15) is 14.4 Å². The molecule has 0 aliphatic rings. The SMILES string of the molecule is COC(=O)[C@H](C/C=C/C(C)=O)NC(C)=O. The van der Waals surface area contributed by atoms with E-state index in [0.717, 1.165) is 0 Å². The molecule has 0 heterocycles. The summed E-state index contributed by atoms with van der Waals surface area (Å²) in [6, 6.07) is -0.733. The number of methoxy groups -OCH3 is 1. The van der Waals surface area contributed by atoms with Gasteiger partial charge in [0.1, 0.15) is 6.04 Å². The van der Waals surface area contributed by atoms with Crippen LogP contribution in [0.15, 0.2) is 12.2 Å². The minimum Gasteiger partial charge on any atom is -0.467 e. The maximum atomic E-state index is 11.2. The van der Waals surface area contributed by atoms with Crippen molar-refractivity contribution < 1.29 is 19.1 Å². The summed E-state index contributed by atoms with van der Waals surface area (Å²) in [7, 11) is 1.24. The summed E-state index contributed by atoms with van der Waals surface area (Å²) in [4.78, 5) is 32.5. The Hall–Kier alpha value is -1.65. The molecule has 0 bridgehead atoms. The third-order valence-corrected chi connectivity index (χ3v) is 1.59. The molecule has 0 aromatic carbocycles. The quantitative estimate of drug-likeness (QED) is 0.523. The van der Waals surface area contributed by atoms with Crippen molar-refractivity contribution in [2.24, 2.45) is 0 Å². The lowest BCUT2D eigenvalue weighted by molar-refractivity contribution is -0.144. The molecule has 0 saturated carbocycles. The Labute approximate surface area is 88.5 Å². The average Bonchev–Trinajstić information content (AvgIpc) is 2.14. The van der Waals surface area contributed by atoms with E-state index in [-0.39, 0.29) is 18.1 Å². The summed E-state index contributed by atoms with van der Waals surface area (Å²) in [5.74, 6) is -0.957. The Morgan fingerprint density at radius 3 is 2.33 bits per heavy atom. The van der Waals surface area contributed by atoms with Gasteiger partial charge in [0.15, 0.2) is 5.78 Å². The average molecular weight is 213 g/mol. The third-order valence-electron chi connectivity index (χ3n) is 1.59. The molecule has 0 aliphatic carbocycles. The van der Waals surface area contributed by atoms with Gasteiger partial charge in [-0.05, 0) is 19.4 Å². The molecule has 1 amide bonds. The van der Waals surface area contributed by atoms with E-state index >= 15 is 0 Å². The van der Waals surface area contributed by atoms with Gasteiger partial charge in [-0.1, -0.05) is 6.08 Å². The molecule has 1 atom stereocenters. The normalized spacial score (nSPS) is 12.2. The first-order chi connectivity index (χ1) is 6.97. The van der Waals surface area contributed by atoms with E-state index < -0.39 is 12.0 Å². The zero-order chi connectivity index (χ0) is 11.8. The first-order valence-electron chi connectivity index (χ1n) is 4.49. The van der Waals surface area contributed by atoms with Crippen LogP contribution in [-0.4, -0.2) is 30.8 Å². The second-order valence-electron chi connectivity index (χ2n) is 3.02. The molecule has 0 rings (SSSR count). The number of allylic oxidation sites excluding steroid dienone is 1. The Balaban J connectivity index is 4.31. The summed E-state index contributed by atoms with van der Waals surface area (Å²) in [6.45, 7) is 2.71. The third kappa shape index (κ3) is 6.42. The number of carbonyl (C=O) groups is 3. The molecule has 0 saturated heterocycles. The van der Waals surface area contributed by atoms with Crippen molar-refractivity contribution in [3.63, 3.8) is 0 Å². The van der Waals surface area contributed by atoms with Gasteiger partial charge in [-0.25, -0.2) is 4.79 Å². The topological polar surface area (TPSA) is 72.5 Å². The highest BCUT2D eigenvalue weighted by atomic mass is 16.5. The summed E-state index contributed by atoms with van der Waals surface area (Å²) in [6.07, 6.45) is 3.11. The van der Waals surface area contributed by atoms with Crippen LogP contribution >= 0.6 is 0 Å². The molecule has 0 aromatic heterocycles. The van der Waals surface area contributed by atoms with Crippen LogP contribution in [0.4, 0.5) is 0 Å². The summed E-state index contributed by atoms with van der Waals surface area (Å²) < 4.78 is 4.50. The van der Waals surface area contributed by atoms with Crippen molar-refractivity contribution >= 4 is 17.7 Å². The molecule has 0 radical (unpaired) electrons. The monoisotopic (exact) mass is 213 g/mol. The molecule has 5 nitrogen and oxygen atoms in total. The van der Waals surface area contributed by atoms with Crippen LogP contribution < -0.4 is 5.32 Å². The molecular weight excluding hydrogens is 198 g/mol. The van der Waals surface area contributed by atoms with Gasteiger partial charge in [-0.15, -0.1) is 0 Å². The number of ketones is 1. The number of rotatable bonds is 5. The predicted octanol–water partition coefficient (Wildman–Crippen LogP) is 0.199. The molecule has 84 valence electrons. The van der Waals surface area contributed by atoms with Crippen LogP contribution in [0.2, 0.25) is 0 Å². The molecule has 0 spiro atoms. The van der Waals surface area contributed by atoms with Crippen LogP contribution in [0.5, 0.6) is 0 Å². The summed E-state index contributed by atoms with van der Waals surface area (Å²) in [5, 5.41) is 2.43. The Bertz CT molecular complexity index is 283. The van der Waals surface area contributed by atoms with Crippen LogP contribution in [0.3, 0.4) is 0 Å². The van der Waals surface area contributed by atoms with E-state index in [0.29, 0.717) is 0 Å². The molecule has 5 heteroatoms. The van der Waals surface area contributed by atoms with Gasteiger partial charge in [0.25, 0.3) is 0 Å². The van der Waals surface area contributed by atoms with Crippen molar-refractivity contribution in [2.75, 3.05) is 7.11 Å². The fraction of sp³-hybridized carbons (Fsp3) is 0.500. The molecule has 1 N–H and O–H groups in total. The fourth-order valence-corrected chi connectivity index (χ4v) is 0.972.